The summed E-state index contributed by atoms with van der Waals surface area (Å²) in [6.45, 7) is 2.30. The molecule has 31 heavy (non-hydrogen) atoms. The Morgan fingerprint density at radius 3 is 2.00 bits per heavy atom. The monoisotopic (exact) mass is 428 g/mol. The summed E-state index contributed by atoms with van der Waals surface area (Å²) in [6, 6.07) is 6.11. The van der Waals surface area contributed by atoms with Crippen molar-refractivity contribution < 1.29 is 9.50 Å². The fourth-order valence-electron chi connectivity index (χ4n) is 7.07. The molecule has 0 heterocycles. The molecule has 1 aromatic carbocycles. The van der Waals surface area contributed by atoms with Crippen LogP contribution in [0.3, 0.4) is 0 Å². The summed E-state index contributed by atoms with van der Waals surface area (Å²) in [5, 5.41) is 9.74. The third kappa shape index (κ3) is 6.12. The third-order valence-corrected chi connectivity index (χ3v) is 9.18. The number of benzene rings is 1. The second-order valence-corrected chi connectivity index (χ2v) is 11.2. The largest absolute Gasteiger partial charge is 0.393 e. The summed E-state index contributed by atoms with van der Waals surface area (Å²) >= 11 is 0. The van der Waals surface area contributed by atoms with Gasteiger partial charge in [0.1, 0.15) is 5.82 Å². The van der Waals surface area contributed by atoms with Gasteiger partial charge in [0.25, 0.3) is 0 Å². The Kier molecular flexibility index (Phi) is 8.49. The van der Waals surface area contributed by atoms with E-state index in [1.807, 2.05) is 6.07 Å². The quantitative estimate of drug-likeness (QED) is 0.432. The fourth-order valence-corrected chi connectivity index (χ4v) is 7.07. The summed E-state index contributed by atoms with van der Waals surface area (Å²) in [5.74, 6) is 3.71. The minimum atomic E-state index is -0.147. The van der Waals surface area contributed by atoms with Crippen LogP contribution in [0.4, 0.5) is 4.39 Å². The van der Waals surface area contributed by atoms with Crippen LogP contribution in [0.15, 0.2) is 18.2 Å². The van der Waals surface area contributed by atoms with E-state index in [0.717, 1.165) is 54.6 Å². The second-order valence-electron chi connectivity index (χ2n) is 11.2. The molecule has 0 amide bonds. The Balaban J connectivity index is 1.24. The second kappa shape index (κ2) is 11.3. The number of rotatable bonds is 7. The number of aliphatic hydroxyl groups is 1. The Morgan fingerprint density at radius 1 is 0.774 bits per heavy atom. The molecule has 174 valence electrons. The summed E-state index contributed by atoms with van der Waals surface area (Å²) in [7, 11) is 0. The van der Waals surface area contributed by atoms with Crippen LogP contribution >= 0.6 is 0 Å². The molecule has 0 bridgehead atoms. The van der Waals surface area contributed by atoms with Crippen LogP contribution in [0.1, 0.15) is 133 Å². The van der Waals surface area contributed by atoms with Gasteiger partial charge in [0.05, 0.1) is 6.10 Å². The van der Waals surface area contributed by atoms with Crippen molar-refractivity contribution in [2.75, 3.05) is 0 Å². The molecule has 0 radical (unpaired) electrons. The van der Waals surface area contributed by atoms with Crippen molar-refractivity contribution in [1.82, 2.24) is 0 Å². The maximum absolute atomic E-state index is 15.0. The molecule has 0 aliphatic heterocycles. The minimum absolute atomic E-state index is 0.0275. The first-order valence-corrected chi connectivity index (χ1v) is 13.6. The van der Waals surface area contributed by atoms with E-state index < -0.39 is 0 Å². The highest BCUT2D eigenvalue weighted by Gasteiger charge is 2.32. The highest BCUT2D eigenvalue weighted by atomic mass is 19.1. The minimum Gasteiger partial charge on any atom is -0.393 e. The van der Waals surface area contributed by atoms with Crippen molar-refractivity contribution in [2.24, 2.45) is 17.8 Å². The molecule has 0 saturated heterocycles. The lowest BCUT2D eigenvalue weighted by Crippen LogP contribution is -2.25. The first-order chi connectivity index (χ1) is 15.1. The maximum atomic E-state index is 15.0. The zero-order valence-electron chi connectivity index (χ0n) is 19.8. The number of aliphatic hydroxyl groups excluding tert-OH is 1. The van der Waals surface area contributed by atoms with Gasteiger partial charge in [-0.15, -0.1) is 0 Å². The van der Waals surface area contributed by atoms with E-state index in [-0.39, 0.29) is 11.9 Å². The first kappa shape index (κ1) is 23.3. The normalized spacial score (nSPS) is 34.5. The predicted molar refractivity (Wildman–Crippen MR) is 128 cm³/mol. The molecule has 4 rings (SSSR count). The Morgan fingerprint density at radius 2 is 1.39 bits per heavy atom. The van der Waals surface area contributed by atoms with Gasteiger partial charge in [-0.2, -0.15) is 0 Å². The smallest absolute Gasteiger partial charge is 0.126 e. The average Bonchev–Trinajstić information content (AvgIpc) is 2.80. The van der Waals surface area contributed by atoms with E-state index in [1.165, 1.54) is 77.0 Å². The number of hydrogen-bond acceptors (Lipinski definition) is 1. The van der Waals surface area contributed by atoms with Crippen LogP contribution in [-0.2, 0) is 0 Å². The topological polar surface area (TPSA) is 20.2 Å². The first-order valence-electron chi connectivity index (χ1n) is 13.6. The van der Waals surface area contributed by atoms with E-state index in [4.69, 9.17) is 0 Å². The van der Waals surface area contributed by atoms with Crippen LogP contribution in [0.2, 0.25) is 0 Å². The molecule has 0 aromatic heterocycles. The Hall–Kier alpha value is -0.890. The van der Waals surface area contributed by atoms with Crippen LogP contribution < -0.4 is 0 Å². The lowest BCUT2D eigenvalue weighted by Gasteiger charge is -2.38. The van der Waals surface area contributed by atoms with Gasteiger partial charge in [-0.25, -0.2) is 4.39 Å². The Labute approximate surface area is 190 Å². The number of hydrogen-bond donors (Lipinski definition) is 1. The summed E-state index contributed by atoms with van der Waals surface area (Å²) in [5.41, 5.74) is 2.12. The molecule has 1 aromatic rings. The molecule has 2 heteroatoms. The number of unbranched alkanes of at least 4 members (excludes halogenated alkanes) is 2. The third-order valence-electron chi connectivity index (χ3n) is 9.18. The fraction of sp³-hybridized carbons (Fsp3) is 0.793. The zero-order valence-corrected chi connectivity index (χ0v) is 19.8. The van der Waals surface area contributed by atoms with Gasteiger partial charge in [-0.3, -0.25) is 0 Å². The molecule has 0 atom stereocenters. The van der Waals surface area contributed by atoms with Crippen molar-refractivity contribution >= 4 is 0 Å². The van der Waals surface area contributed by atoms with E-state index in [9.17, 15) is 5.11 Å². The SMILES string of the molecule is CCCCCC1CCC(C2CCC(c3ccc(C4CCC(O)CC4)cc3F)CC2)CC1. The highest BCUT2D eigenvalue weighted by Crippen LogP contribution is 2.45. The van der Waals surface area contributed by atoms with Crippen molar-refractivity contribution in [3.63, 3.8) is 0 Å². The van der Waals surface area contributed by atoms with Crippen LogP contribution in [0.25, 0.3) is 0 Å². The Bertz CT molecular complexity index is 661. The van der Waals surface area contributed by atoms with Gasteiger partial charge in [0.15, 0.2) is 0 Å². The molecule has 0 unspecified atom stereocenters. The van der Waals surface area contributed by atoms with Crippen molar-refractivity contribution in [2.45, 2.75) is 128 Å². The zero-order chi connectivity index (χ0) is 21.6. The van der Waals surface area contributed by atoms with Crippen LogP contribution in [0, 0.1) is 23.6 Å². The molecular formula is C29H45FO. The van der Waals surface area contributed by atoms with Crippen molar-refractivity contribution in [1.29, 1.82) is 0 Å². The van der Waals surface area contributed by atoms with Gasteiger partial charge in [-0.05, 0) is 111 Å². The lowest BCUT2D eigenvalue weighted by molar-refractivity contribution is 0.122. The molecule has 3 aliphatic carbocycles. The van der Waals surface area contributed by atoms with E-state index in [2.05, 4.69) is 19.1 Å². The lowest BCUT2D eigenvalue weighted by atomic mass is 9.68. The highest BCUT2D eigenvalue weighted by molar-refractivity contribution is 5.30. The average molecular weight is 429 g/mol. The van der Waals surface area contributed by atoms with Crippen LogP contribution in [0.5, 0.6) is 0 Å². The summed E-state index contributed by atoms with van der Waals surface area (Å²) in [6.07, 6.45) is 20.0. The van der Waals surface area contributed by atoms with Crippen LogP contribution in [-0.4, -0.2) is 11.2 Å². The van der Waals surface area contributed by atoms with Gasteiger partial charge in [-0.1, -0.05) is 57.6 Å². The molecule has 0 spiro atoms. The standard InChI is InChI=1S/C29H45FO/c1-2-3-4-5-21-6-8-22(9-7-21)23-10-12-25(13-11-23)28-19-16-26(20-29(28)30)24-14-17-27(31)18-15-24/h16,19-25,27,31H,2-15,17-18H2,1H3. The molecule has 1 nitrogen and oxygen atoms in total. The van der Waals surface area contributed by atoms with Crippen molar-refractivity contribution in [3.05, 3.63) is 35.1 Å². The van der Waals surface area contributed by atoms with Gasteiger partial charge in [0, 0.05) is 0 Å². The molecular weight excluding hydrogens is 383 g/mol. The van der Waals surface area contributed by atoms with Gasteiger partial charge < -0.3 is 5.11 Å². The summed E-state index contributed by atoms with van der Waals surface area (Å²) in [4.78, 5) is 0. The van der Waals surface area contributed by atoms with Gasteiger partial charge in [0.2, 0.25) is 0 Å². The predicted octanol–water partition coefficient (Wildman–Crippen LogP) is 8.50. The number of halogens is 1. The molecule has 3 saturated carbocycles. The maximum Gasteiger partial charge on any atom is 0.126 e. The molecule has 1 N–H and O–H groups in total. The van der Waals surface area contributed by atoms with Crippen molar-refractivity contribution in [3.8, 4) is 0 Å². The van der Waals surface area contributed by atoms with E-state index in [1.54, 1.807) is 0 Å². The van der Waals surface area contributed by atoms with Gasteiger partial charge >= 0.3 is 0 Å². The summed E-state index contributed by atoms with van der Waals surface area (Å²) < 4.78 is 15.0. The van der Waals surface area contributed by atoms with E-state index in [0.29, 0.717) is 11.8 Å². The molecule has 3 fully saturated rings. The van der Waals surface area contributed by atoms with E-state index >= 15 is 4.39 Å². The molecule has 3 aliphatic rings.